The highest BCUT2D eigenvalue weighted by atomic mass is 35.5. The van der Waals surface area contributed by atoms with Crippen LogP contribution in [0.25, 0.3) is 0 Å². The van der Waals surface area contributed by atoms with Gasteiger partial charge in [-0.25, -0.2) is 8.42 Å². The van der Waals surface area contributed by atoms with Crippen molar-refractivity contribution in [2.75, 3.05) is 26.2 Å². The minimum absolute atomic E-state index is 0. The SMILES string of the molecule is Cl.N[C@@H]1CCN(C(=O)Cc2ccc(S(=O)(=O)N3CCCC3)s2)C1. The molecule has 1 atom stereocenters. The van der Waals surface area contributed by atoms with Crippen LogP contribution in [0.1, 0.15) is 24.1 Å². The fourth-order valence-corrected chi connectivity index (χ4v) is 5.94. The molecule has 9 heteroatoms. The molecule has 0 bridgehead atoms. The van der Waals surface area contributed by atoms with E-state index < -0.39 is 10.0 Å². The smallest absolute Gasteiger partial charge is 0.252 e. The average molecular weight is 380 g/mol. The number of halogens is 1. The van der Waals surface area contributed by atoms with E-state index in [9.17, 15) is 13.2 Å². The Hall–Kier alpha value is -0.670. The van der Waals surface area contributed by atoms with Crippen LogP contribution < -0.4 is 5.73 Å². The molecule has 6 nitrogen and oxygen atoms in total. The average Bonchev–Trinajstić information content (AvgIpc) is 3.19. The van der Waals surface area contributed by atoms with E-state index in [4.69, 9.17) is 5.73 Å². The molecule has 2 saturated heterocycles. The summed E-state index contributed by atoms with van der Waals surface area (Å²) in [7, 11) is -3.37. The topological polar surface area (TPSA) is 83.7 Å². The number of likely N-dealkylation sites (tertiary alicyclic amines) is 1. The molecular formula is C14H22ClN3O3S2. The van der Waals surface area contributed by atoms with Crippen molar-refractivity contribution < 1.29 is 13.2 Å². The molecule has 2 fully saturated rings. The molecule has 23 heavy (non-hydrogen) atoms. The molecule has 0 radical (unpaired) electrons. The van der Waals surface area contributed by atoms with Crippen LogP contribution in [0.4, 0.5) is 0 Å². The predicted molar refractivity (Wildman–Crippen MR) is 92.4 cm³/mol. The zero-order chi connectivity index (χ0) is 15.7. The molecule has 2 aliphatic heterocycles. The van der Waals surface area contributed by atoms with Gasteiger partial charge in [-0.1, -0.05) is 0 Å². The highest BCUT2D eigenvalue weighted by Gasteiger charge is 2.29. The summed E-state index contributed by atoms with van der Waals surface area (Å²) in [6.45, 7) is 2.49. The van der Waals surface area contributed by atoms with Crippen LogP contribution in [0.15, 0.2) is 16.3 Å². The summed E-state index contributed by atoms with van der Waals surface area (Å²) >= 11 is 1.21. The van der Waals surface area contributed by atoms with Crippen LogP contribution in [-0.2, 0) is 21.2 Å². The van der Waals surface area contributed by atoms with Gasteiger partial charge in [-0.3, -0.25) is 4.79 Å². The van der Waals surface area contributed by atoms with Gasteiger partial charge in [-0.05, 0) is 31.4 Å². The van der Waals surface area contributed by atoms with Gasteiger partial charge in [0.1, 0.15) is 4.21 Å². The lowest BCUT2D eigenvalue weighted by molar-refractivity contribution is -0.129. The standard InChI is InChI=1S/C14H21N3O3S2.ClH/c15-11-5-8-16(10-11)13(18)9-12-3-4-14(21-12)22(19,20)17-6-1-2-7-17;/h3-4,11H,1-2,5-10,15H2;1H/t11-;/m1./s1. The molecule has 3 heterocycles. The number of hydrogen-bond donors (Lipinski definition) is 1. The van der Waals surface area contributed by atoms with Crippen LogP contribution >= 0.6 is 23.7 Å². The summed E-state index contributed by atoms with van der Waals surface area (Å²) in [6, 6.07) is 3.44. The monoisotopic (exact) mass is 379 g/mol. The Morgan fingerprint density at radius 2 is 1.96 bits per heavy atom. The third-order valence-corrected chi connectivity index (χ3v) is 7.65. The predicted octanol–water partition coefficient (Wildman–Crippen LogP) is 1.06. The Morgan fingerprint density at radius 3 is 2.57 bits per heavy atom. The van der Waals surface area contributed by atoms with Gasteiger partial charge in [0.25, 0.3) is 10.0 Å². The number of thiophene rings is 1. The molecule has 130 valence electrons. The maximum Gasteiger partial charge on any atom is 0.252 e. The molecule has 0 unspecified atom stereocenters. The highest BCUT2D eigenvalue weighted by molar-refractivity contribution is 7.91. The van der Waals surface area contributed by atoms with Crippen molar-refractivity contribution in [1.29, 1.82) is 0 Å². The second kappa shape index (κ2) is 7.48. The number of amides is 1. The van der Waals surface area contributed by atoms with Gasteiger partial charge >= 0.3 is 0 Å². The van der Waals surface area contributed by atoms with Gasteiger partial charge in [-0.2, -0.15) is 4.31 Å². The number of nitrogens with two attached hydrogens (primary N) is 1. The van der Waals surface area contributed by atoms with Crippen molar-refractivity contribution in [1.82, 2.24) is 9.21 Å². The fraction of sp³-hybridized carbons (Fsp3) is 0.643. The van der Waals surface area contributed by atoms with Crippen molar-refractivity contribution in [2.45, 2.75) is 35.9 Å². The first-order chi connectivity index (χ1) is 10.5. The van der Waals surface area contributed by atoms with Crippen molar-refractivity contribution in [2.24, 2.45) is 5.73 Å². The third kappa shape index (κ3) is 4.06. The summed E-state index contributed by atoms with van der Waals surface area (Å²) in [6.07, 6.45) is 2.94. The molecule has 0 saturated carbocycles. The number of rotatable bonds is 4. The first-order valence-corrected chi connectivity index (χ1v) is 9.85. The van der Waals surface area contributed by atoms with Gasteiger partial charge in [0, 0.05) is 37.1 Å². The van der Waals surface area contributed by atoms with Crippen LogP contribution in [0.5, 0.6) is 0 Å². The molecule has 0 spiro atoms. The third-order valence-electron chi connectivity index (χ3n) is 4.20. The zero-order valence-electron chi connectivity index (χ0n) is 12.8. The van der Waals surface area contributed by atoms with Crippen molar-refractivity contribution in [3.05, 3.63) is 17.0 Å². The van der Waals surface area contributed by atoms with E-state index in [0.717, 1.165) is 24.1 Å². The lowest BCUT2D eigenvalue weighted by Gasteiger charge is -2.15. The normalized spacial score (nSPS) is 22.3. The van der Waals surface area contributed by atoms with E-state index >= 15 is 0 Å². The summed E-state index contributed by atoms with van der Waals surface area (Å²) < 4.78 is 26.8. The van der Waals surface area contributed by atoms with Gasteiger partial charge in [0.15, 0.2) is 0 Å². The minimum atomic E-state index is -3.37. The molecule has 1 aromatic heterocycles. The summed E-state index contributed by atoms with van der Waals surface area (Å²) in [5.41, 5.74) is 5.81. The van der Waals surface area contributed by atoms with E-state index in [1.165, 1.54) is 15.6 Å². The molecule has 0 aliphatic carbocycles. The first kappa shape index (κ1) is 18.7. The second-order valence-corrected chi connectivity index (χ2v) is 9.23. The van der Waals surface area contributed by atoms with Gasteiger partial charge < -0.3 is 10.6 Å². The summed E-state index contributed by atoms with van der Waals surface area (Å²) in [5.74, 6) is 0.0277. The molecular weight excluding hydrogens is 358 g/mol. The van der Waals surface area contributed by atoms with E-state index in [0.29, 0.717) is 30.4 Å². The lowest BCUT2D eigenvalue weighted by atomic mass is 10.3. The Balaban J connectivity index is 0.00000192. The minimum Gasteiger partial charge on any atom is -0.341 e. The Bertz CT molecular complexity index is 656. The summed E-state index contributed by atoms with van der Waals surface area (Å²) in [5, 5.41) is 0. The second-order valence-electron chi connectivity index (χ2n) is 5.90. The number of carbonyl (C=O) groups excluding carboxylic acids is 1. The zero-order valence-corrected chi connectivity index (χ0v) is 15.3. The number of carbonyl (C=O) groups is 1. The van der Waals surface area contributed by atoms with Crippen molar-refractivity contribution in [3.63, 3.8) is 0 Å². The van der Waals surface area contributed by atoms with Crippen molar-refractivity contribution >= 4 is 39.7 Å². The van der Waals surface area contributed by atoms with Crippen LogP contribution in [-0.4, -0.2) is 55.8 Å². The Kier molecular flexibility index (Phi) is 6.07. The van der Waals surface area contributed by atoms with Crippen molar-refractivity contribution in [3.8, 4) is 0 Å². The summed E-state index contributed by atoms with van der Waals surface area (Å²) in [4.78, 5) is 14.8. The maximum atomic E-state index is 12.5. The fourth-order valence-electron chi connectivity index (χ4n) is 2.92. The Morgan fingerprint density at radius 1 is 1.26 bits per heavy atom. The quantitative estimate of drug-likeness (QED) is 0.847. The van der Waals surface area contributed by atoms with E-state index in [2.05, 4.69) is 0 Å². The molecule has 2 aliphatic rings. The largest absolute Gasteiger partial charge is 0.341 e. The molecule has 1 amide bonds. The maximum absolute atomic E-state index is 12.5. The molecule has 2 N–H and O–H groups in total. The highest BCUT2D eigenvalue weighted by Crippen LogP contribution is 2.28. The van der Waals surface area contributed by atoms with Gasteiger partial charge in [0.2, 0.25) is 5.91 Å². The van der Waals surface area contributed by atoms with Gasteiger partial charge in [0.05, 0.1) is 6.42 Å². The van der Waals surface area contributed by atoms with E-state index in [-0.39, 0.29) is 30.8 Å². The lowest BCUT2D eigenvalue weighted by Crippen LogP contribution is -2.32. The number of sulfonamides is 1. The van der Waals surface area contributed by atoms with Gasteiger partial charge in [-0.15, -0.1) is 23.7 Å². The Labute approximate surface area is 147 Å². The van der Waals surface area contributed by atoms with E-state index in [1.807, 2.05) is 0 Å². The van der Waals surface area contributed by atoms with Crippen LogP contribution in [0, 0.1) is 0 Å². The van der Waals surface area contributed by atoms with Crippen LogP contribution in [0.3, 0.4) is 0 Å². The number of nitrogens with zero attached hydrogens (tertiary/aromatic N) is 2. The first-order valence-electron chi connectivity index (χ1n) is 7.59. The van der Waals surface area contributed by atoms with E-state index in [1.54, 1.807) is 17.0 Å². The number of hydrogen-bond acceptors (Lipinski definition) is 5. The van der Waals surface area contributed by atoms with Crippen LogP contribution in [0.2, 0.25) is 0 Å². The molecule has 1 aromatic rings. The molecule has 3 rings (SSSR count). The molecule has 0 aromatic carbocycles.